The number of methoxy groups -OCH3 is 2. The number of hydrogen-bond acceptors (Lipinski definition) is 5. The Morgan fingerprint density at radius 1 is 0.750 bits per heavy atom. The van der Waals surface area contributed by atoms with E-state index in [0.29, 0.717) is 32.0 Å². The highest BCUT2D eigenvalue weighted by molar-refractivity contribution is 5.95. The molecule has 1 aliphatic rings. The summed E-state index contributed by atoms with van der Waals surface area (Å²) in [5.41, 5.74) is 2.99. The Bertz CT molecular complexity index is 806. The SMILES string of the molecule is COc1ccc(COCC2=C(OCc3ccc(OC)cc3)C(=O)CCC2)cc1. The molecule has 0 unspecified atom stereocenters. The van der Waals surface area contributed by atoms with Gasteiger partial charge in [0, 0.05) is 12.0 Å². The lowest BCUT2D eigenvalue weighted by Crippen LogP contribution is -2.17. The van der Waals surface area contributed by atoms with E-state index >= 15 is 0 Å². The third kappa shape index (κ3) is 5.36. The third-order valence-corrected chi connectivity index (χ3v) is 4.70. The van der Waals surface area contributed by atoms with Crippen LogP contribution in [0.25, 0.3) is 0 Å². The lowest BCUT2D eigenvalue weighted by atomic mass is 9.97. The van der Waals surface area contributed by atoms with Crippen molar-refractivity contribution in [3.05, 3.63) is 71.0 Å². The van der Waals surface area contributed by atoms with Gasteiger partial charge in [0.15, 0.2) is 11.5 Å². The van der Waals surface area contributed by atoms with Crippen LogP contribution in [0.5, 0.6) is 11.5 Å². The van der Waals surface area contributed by atoms with Crippen molar-refractivity contribution in [2.45, 2.75) is 32.5 Å². The van der Waals surface area contributed by atoms with E-state index < -0.39 is 0 Å². The first-order chi connectivity index (χ1) is 13.7. The van der Waals surface area contributed by atoms with Gasteiger partial charge in [0.2, 0.25) is 0 Å². The fourth-order valence-electron chi connectivity index (χ4n) is 3.10. The zero-order chi connectivity index (χ0) is 19.8. The van der Waals surface area contributed by atoms with Crippen LogP contribution < -0.4 is 9.47 Å². The van der Waals surface area contributed by atoms with Crippen LogP contribution >= 0.6 is 0 Å². The second kappa shape index (κ2) is 9.95. The largest absolute Gasteiger partial charge is 0.497 e. The second-order valence-electron chi connectivity index (χ2n) is 6.69. The van der Waals surface area contributed by atoms with Gasteiger partial charge in [-0.2, -0.15) is 0 Å². The average molecular weight is 382 g/mol. The maximum atomic E-state index is 12.4. The van der Waals surface area contributed by atoms with Gasteiger partial charge < -0.3 is 18.9 Å². The molecule has 0 bridgehead atoms. The van der Waals surface area contributed by atoms with E-state index in [1.165, 1.54) is 0 Å². The number of rotatable bonds is 9. The van der Waals surface area contributed by atoms with E-state index in [4.69, 9.17) is 18.9 Å². The first kappa shape index (κ1) is 20.0. The fourth-order valence-corrected chi connectivity index (χ4v) is 3.10. The van der Waals surface area contributed by atoms with Crippen LogP contribution in [0, 0.1) is 0 Å². The van der Waals surface area contributed by atoms with E-state index in [1.54, 1.807) is 14.2 Å². The van der Waals surface area contributed by atoms with Gasteiger partial charge in [0.1, 0.15) is 18.1 Å². The van der Waals surface area contributed by atoms with Crippen LogP contribution in [-0.2, 0) is 27.5 Å². The predicted octanol–water partition coefficient (Wildman–Crippen LogP) is 4.44. The number of allylic oxidation sites excluding steroid dienone is 1. The van der Waals surface area contributed by atoms with Crippen molar-refractivity contribution < 1.29 is 23.7 Å². The molecule has 5 nitrogen and oxygen atoms in total. The standard InChI is InChI=1S/C23H26O5/c1-25-20-10-6-17(7-11-20)14-27-16-19-4-3-5-22(24)23(19)28-15-18-8-12-21(26-2)13-9-18/h6-13H,3-5,14-16H2,1-2H3. The molecular weight excluding hydrogens is 356 g/mol. The van der Waals surface area contributed by atoms with Crippen molar-refractivity contribution in [1.29, 1.82) is 0 Å². The lowest BCUT2D eigenvalue weighted by molar-refractivity contribution is -0.120. The van der Waals surface area contributed by atoms with Crippen LogP contribution in [0.2, 0.25) is 0 Å². The van der Waals surface area contributed by atoms with Crippen LogP contribution in [0.1, 0.15) is 30.4 Å². The quantitative estimate of drug-likeness (QED) is 0.642. The minimum absolute atomic E-state index is 0.0582. The van der Waals surface area contributed by atoms with Crippen molar-refractivity contribution >= 4 is 5.78 Å². The molecule has 0 spiro atoms. The Kier molecular flexibility index (Phi) is 7.09. The number of carbonyl (C=O) groups is 1. The van der Waals surface area contributed by atoms with Crippen molar-refractivity contribution in [3.63, 3.8) is 0 Å². The van der Waals surface area contributed by atoms with Crippen LogP contribution in [-0.4, -0.2) is 26.6 Å². The molecule has 0 amide bonds. The number of carbonyl (C=O) groups excluding carboxylic acids is 1. The molecule has 3 rings (SSSR count). The number of Topliss-reactive ketones (excluding diaryl/α,β-unsaturated/α-hetero) is 1. The summed E-state index contributed by atoms with van der Waals surface area (Å²) in [6.07, 6.45) is 2.20. The fraction of sp³-hybridized carbons (Fsp3) is 0.348. The number of benzene rings is 2. The molecule has 0 radical (unpaired) electrons. The average Bonchev–Trinajstić information content (AvgIpc) is 2.74. The summed E-state index contributed by atoms with van der Waals surface area (Å²) in [5.74, 6) is 2.14. The lowest BCUT2D eigenvalue weighted by Gasteiger charge is -2.20. The van der Waals surface area contributed by atoms with Gasteiger partial charge >= 0.3 is 0 Å². The highest BCUT2D eigenvalue weighted by Gasteiger charge is 2.22. The summed E-state index contributed by atoms with van der Waals surface area (Å²) < 4.78 is 22.1. The van der Waals surface area contributed by atoms with Crippen molar-refractivity contribution in [3.8, 4) is 11.5 Å². The zero-order valence-corrected chi connectivity index (χ0v) is 16.4. The van der Waals surface area contributed by atoms with Gasteiger partial charge in [-0.25, -0.2) is 0 Å². The molecule has 1 aliphatic carbocycles. The maximum Gasteiger partial charge on any atom is 0.197 e. The highest BCUT2D eigenvalue weighted by atomic mass is 16.5. The molecular formula is C23H26O5. The molecule has 0 aromatic heterocycles. The predicted molar refractivity (Wildman–Crippen MR) is 106 cm³/mol. The molecule has 2 aromatic rings. The Balaban J connectivity index is 1.59. The van der Waals surface area contributed by atoms with Gasteiger partial charge in [-0.3, -0.25) is 4.79 Å². The molecule has 0 N–H and O–H groups in total. The van der Waals surface area contributed by atoms with Gasteiger partial charge in [-0.1, -0.05) is 24.3 Å². The van der Waals surface area contributed by atoms with Gasteiger partial charge in [0.05, 0.1) is 27.4 Å². The first-order valence-electron chi connectivity index (χ1n) is 9.41. The number of ether oxygens (including phenoxy) is 4. The van der Waals surface area contributed by atoms with Crippen LogP contribution in [0.15, 0.2) is 59.9 Å². The number of hydrogen-bond donors (Lipinski definition) is 0. The summed E-state index contributed by atoms with van der Waals surface area (Å²) in [7, 11) is 3.28. The van der Waals surface area contributed by atoms with E-state index in [2.05, 4.69) is 0 Å². The second-order valence-corrected chi connectivity index (χ2v) is 6.69. The molecule has 5 heteroatoms. The summed E-state index contributed by atoms with van der Waals surface area (Å²) in [6, 6.07) is 15.4. The summed E-state index contributed by atoms with van der Waals surface area (Å²) in [6.45, 7) is 1.23. The molecule has 0 fully saturated rings. The summed E-state index contributed by atoms with van der Waals surface area (Å²) in [4.78, 5) is 12.4. The third-order valence-electron chi connectivity index (χ3n) is 4.70. The van der Waals surface area contributed by atoms with Gasteiger partial charge in [0.25, 0.3) is 0 Å². The molecule has 2 aromatic carbocycles. The minimum Gasteiger partial charge on any atom is -0.497 e. The van der Waals surface area contributed by atoms with Crippen molar-refractivity contribution in [2.24, 2.45) is 0 Å². The molecule has 0 aliphatic heterocycles. The van der Waals surface area contributed by atoms with Gasteiger partial charge in [-0.05, 0) is 48.2 Å². The Hall–Kier alpha value is -2.79. The van der Waals surface area contributed by atoms with E-state index in [0.717, 1.165) is 41.0 Å². The normalized spacial score (nSPS) is 14.1. The summed E-state index contributed by atoms with van der Waals surface area (Å²) in [5, 5.41) is 0. The van der Waals surface area contributed by atoms with Crippen molar-refractivity contribution in [1.82, 2.24) is 0 Å². The van der Waals surface area contributed by atoms with Crippen LogP contribution in [0.4, 0.5) is 0 Å². The summed E-state index contributed by atoms with van der Waals surface area (Å²) >= 11 is 0. The van der Waals surface area contributed by atoms with E-state index in [-0.39, 0.29) is 5.78 Å². The molecule has 0 heterocycles. The topological polar surface area (TPSA) is 54.0 Å². The van der Waals surface area contributed by atoms with Gasteiger partial charge in [-0.15, -0.1) is 0 Å². The first-order valence-corrected chi connectivity index (χ1v) is 9.41. The molecule has 0 atom stereocenters. The van der Waals surface area contributed by atoms with Crippen LogP contribution in [0.3, 0.4) is 0 Å². The molecule has 0 saturated carbocycles. The Morgan fingerprint density at radius 2 is 1.32 bits per heavy atom. The number of ketones is 1. The molecule has 148 valence electrons. The smallest absolute Gasteiger partial charge is 0.197 e. The van der Waals surface area contributed by atoms with Crippen molar-refractivity contribution in [2.75, 3.05) is 20.8 Å². The molecule has 28 heavy (non-hydrogen) atoms. The molecule has 0 saturated heterocycles. The van der Waals surface area contributed by atoms with E-state index in [1.807, 2.05) is 48.5 Å². The minimum atomic E-state index is 0.0582. The van der Waals surface area contributed by atoms with E-state index in [9.17, 15) is 4.79 Å². The maximum absolute atomic E-state index is 12.4. The monoisotopic (exact) mass is 382 g/mol. The Labute approximate surface area is 165 Å². The Morgan fingerprint density at radius 3 is 1.89 bits per heavy atom. The zero-order valence-electron chi connectivity index (χ0n) is 16.4. The highest BCUT2D eigenvalue weighted by Crippen LogP contribution is 2.25.